The van der Waals surface area contributed by atoms with Crippen LogP contribution in [0.15, 0.2) is 12.4 Å². The van der Waals surface area contributed by atoms with Gasteiger partial charge in [-0.2, -0.15) is 4.98 Å². The van der Waals surface area contributed by atoms with Crippen molar-refractivity contribution in [2.45, 2.75) is 37.1 Å². The lowest BCUT2D eigenvalue weighted by Crippen LogP contribution is -2.41. The minimum Gasteiger partial charge on any atom is -0.480 e. The zero-order valence-electron chi connectivity index (χ0n) is 10.3. The standard InChI is InChI=1S/C12H18ClN3O/c1-16(10-6-4-3-5-9(10)13)11-7-14-8-12(15-11)17-2/h7-10H,3-6H2,1-2H3. The first-order valence-corrected chi connectivity index (χ1v) is 6.39. The topological polar surface area (TPSA) is 38.2 Å². The molecule has 1 saturated carbocycles. The fraction of sp³-hybridized carbons (Fsp3) is 0.667. The van der Waals surface area contributed by atoms with Gasteiger partial charge in [-0.05, 0) is 12.8 Å². The zero-order chi connectivity index (χ0) is 12.3. The van der Waals surface area contributed by atoms with E-state index >= 15 is 0 Å². The molecule has 0 N–H and O–H groups in total. The second kappa shape index (κ2) is 5.54. The lowest BCUT2D eigenvalue weighted by molar-refractivity contribution is 0.393. The Labute approximate surface area is 107 Å². The molecule has 17 heavy (non-hydrogen) atoms. The molecule has 1 aromatic heterocycles. The second-order valence-corrected chi connectivity index (χ2v) is 4.96. The van der Waals surface area contributed by atoms with E-state index in [9.17, 15) is 0 Å². The Kier molecular flexibility index (Phi) is 4.05. The second-order valence-electron chi connectivity index (χ2n) is 4.40. The van der Waals surface area contributed by atoms with Crippen LogP contribution < -0.4 is 9.64 Å². The molecule has 2 rings (SSSR count). The summed E-state index contributed by atoms with van der Waals surface area (Å²) < 4.78 is 5.09. The van der Waals surface area contributed by atoms with E-state index in [1.54, 1.807) is 19.5 Å². The summed E-state index contributed by atoms with van der Waals surface area (Å²) in [7, 11) is 3.62. The number of ether oxygens (including phenoxy) is 1. The molecule has 94 valence electrons. The summed E-state index contributed by atoms with van der Waals surface area (Å²) in [6.07, 6.45) is 8.01. The molecule has 2 unspecified atom stereocenters. The monoisotopic (exact) mass is 255 g/mol. The number of nitrogens with zero attached hydrogens (tertiary/aromatic N) is 3. The smallest absolute Gasteiger partial charge is 0.233 e. The third-order valence-electron chi connectivity index (χ3n) is 3.31. The lowest BCUT2D eigenvalue weighted by atomic mass is 9.94. The molecule has 0 amide bonds. The van der Waals surface area contributed by atoms with Crippen LogP contribution in [-0.2, 0) is 0 Å². The van der Waals surface area contributed by atoms with Gasteiger partial charge in [0, 0.05) is 13.1 Å². The molecular weight excluding hydrogens is 238 g/mol. The quantitative estimate of drug-likeness (QED) is 0.778. The highest BCUT2D eigenvalue weighted by atomic mass is 35.5. The van der Waals surface area contributed by atoms with E-state index < -0.39 is 0 Å². The molecule has 1 aliphatic carbocycles. The van der Waals surface area contributed by atoms with Gasteiger partial charge in [-0.15, -0.1) is 11.6 Å². The Hall–Kier alpha value is -1.03. The van der Waals surface area contributed by atoms with Crippen LogP contribution in [0, 0.1) is 0 Å². The molecule has 0 aliphatic heterocycles. The van der Waals surface area contributed by atoms with E-state index in [0.29, 0.717) is 11.9 Å². The third-order valence-corrected chi connectivity index (χ3v) is 3.82. The van der Waals surface area contributed by atoms with Gasteiger partial charge >= 0.3 is 0 Å². The highest BCUT2D eigenvalue weighted by Gasteiger charge is 2.27. The van der Waals surface area contributed by atoms with Crippen LogP contribution in [0.25, 0.3) is 0 Å². The van der Waals surface area contributed by atoms with E-state index in [1.807, 2.05) is 7.05 Å². The maximum atomic E-state index is 6.38. The molecule has 0 radical (unpaired) electrons. The summed E-state index contributed by atoms with van der Waals surface area (Å²) in [5.41, 5.74) is 0. The number of anilines is 1. The minimum absolute atomic E-state index is 0.196. The predicted molar refractivity (Wildman–Crippen MR) is 68.9 cm³/mol. The molecule has 0 spiro atoms. The van der Waals surface area contributed by atoms with Crippen molar-refractivity contribution in [3.8, 4) is 5.88 Å². The van der Waals surface area contributed by atoms with Crippen LogP contribution in [-0.4, -0.2) is 35.5 Å². The first-order chi connectivity index (χ1) is 8.22. The number of hydrogen-bond acceptors (Lipinski definition) is 4. The van der Waals surface area contributed by atoms with Crippen LogP contribution in [0.4, 0.5) is 5.82 Å². The molecular formula is C12H18ClN3O. The van der Waals surface area contributed by atoms with Crippen molar-refractivity contribution in [2.75, 3.05) is 19.1 Å². The van der Waals surface area contributed by atoms with Crippen molar-refractivity contribution in [1.29, 1.82) is 0 Å². The molecule has 0 saturated heterocycles. The number of rotatable bonds is 3. The van der Waals surface area contributed by atoms with Gasteiger partial charge in [-0.3, -0.25) is 4.98 Å². The SMILES string of the molecule is COc1cncc(N(C)C2CCCCC2Cl)n1. The number of hydrogen-bond donors (Lipinski definition) is 0. The first-order valence-electron chi connectivity index (χ1n) is 5.95. The molecule has 1 heterocycles. The predicted octanol–water partition coefficient (Wildman–Crippen LogP) is 2.47. The fourth-order valence-electron chi connectivity index (χ4n) is 2.28. The summed E-state index contributed by atoms with van der Waals surface area (Å²) in [6, 6.07) is 0.340. The van der Waals surface area contributed by atoms with Crippen molar-refractivity contribution in [3.63, 3.8) is 0 Å². The Morgan fingerprint density at radius 3 is 2.82 bits per heavy atom. The molecule has 1 aromatic rings. The lowest BCUT2D eigenvalue weighted by Gasteiger charge is -2.35. The molecule has 1 fully saturated rings. The van der Waals surface area contributed by atoms with Gasteiger partial charge in [0.05, 0.1) is 24.9 Å². The summed E-state index contributed by atoms with van der Waals surface area (Å²) in [5, 5.41) is 0.196. The van der Waals surface area contributed by atoms with Crippen molar-refractivity contribution < 1.29 is 4.74 Å². The van der Waals surface area contributed by atoms with Gasteiger partial charge in [0.1, 0.15) is 0 Å². The Morgan fingerprint density at radius 2 is 2.12 bits per heavy atom. The average molecular weight is 256 g/mol. The third kappa shape index (κ3) is 2.80. The van der Waals surface area contributed by atoms with Crippen LogP contribution in [0.5, 0.6) is 5.88 Å². The van der Waals surface area contributed by atoms with E-state index in [2.05, 4.69) is 14.9 Å². The van der Waals surface area contributed by atoms with E-state index in [-0.39, 0.29) is 5.38 Å². The fourth-order valence-corrected chi connectivity index (χ4v) is 2.73. The zero-order valence-corrected chi connectivity index (χ0v) is 11.0. The highest BCUT2D eigenvalue weighted by Crippen LogP contribution is 2.29. The Bertz CT molecular complexity index is 375. The average Bonchev–Trinajstić information content (AvgIpc) is 2.38. The summed E-state index contributed by atoms with van der Waals surface area (Å²) >= 11 is 6.38. The van der Waals surface area contributed by atoms with Gasteiger partial charge in [-0.25, -0.2) is 0 Å². The maximum absolute atomic E-state index is 6.38. The van der Waals surface area contributed by atoms with E-state index in [4.69, 9.17) is 16.3 Å². The van der Waals surface area contributed by atoms with Gasteiger partial charge in [0.2, 0.25) is 5.88 Å². The van der Waals surface area contributed by atoms with Crippen LogP contribution in [0.1, 0.15) is 25.7 Å². The van der Waals surface area contributed by atoms with Gasteiger partial charge in [0.15, 0.2) is 5.82 Å². The highest BCUT2D eigenvalue weighted by molar-refractivity contribution is 6.21. The largest absolute Gasteiger partial charge is 0.480 e. The number of halogens is 1. The Balaban J connectivity index is 2.14. The minimum atomic E-state index is 0.196. The number of aromatic nitrogens is 2. The molecule has 0 aromatic carbocycles. The van der Waals surface area contributed by atoms with Crippen molar-refractivity contribution in [3.05, 3.63) is 12.4 Å². The van der Waals surface area contributed by atoms with Crippen molar-refractivity contribution in [2.24, 2.45) is 0 Å². The van der Waals surface area contributed by atoms with Crippen LogP contribution in [0.2, 0.25) is 0 Å². The number of methoxy groups -OCH3 is 1. The van der Waals surface area contributed by atoms with E-state index in [1.165, 1.54) is 12.8 Å². The Morgan fingerprint density at radius 1 is 1.35 bits per heavy atom. The van der Waals surface area contributed by atoms with Gasteiger partial charge in [-0.1, -0.05) is 12.8 Å². The van der Waals surface area contributed by atoms with Crippen molar-refractivity contribution >= 4 is 17.4 Å². The molecule has 5 heteroatoms. The van der Waals surface area contributed by atoms with Crippen molar-refractivity contribution in [1.82, 2.24) is 9.97 Å². The van der Waals surface area contributed by atoms with Gasteiger partial charge in [0.25, 0.3) is 0 Å². The maximum Gasteiger partial charge on any atom is 0.233 e. The summed E-state index contributed by atoms with van der Waals surface area (Å²) in [4.78, 5) is 10.6. The van der Waals surface area contributed by atoms with Crippen LogP contribution in [0.3, 0.4) is 0 Å². The summed E-state index contributed by atoms with van der Waals surface area (Å²) in [5.74, 6) is 1.36. The van der Waals surface area contributed by atoms with E-state index in [0.717, 1.165) is 18.7 Å². The molecule has 0 bridgehead atoms. The number of alkyl halides is 1. The normalized spacial score (nSPS) is 24.4. The van der Waals surface area contributed by atoms with Crippen LogP contribution >= 0.6 is 11.6 Å². The molecule has 2 atom stereocenters. The van der Waals surface area contributed by atoms with Gasteiger partial charge < -0.3 is 9.64 Å². The summed E-state index contributed by atoms with van der Waals surface area (Å²) in [6.45, 7) is 0. The molecule has 4 nitrogen and oxygen atoms in total. The first kappa shape index (κ1) is 12.4. The molecule has 1 aliphatic rings.